The molecule has 1 aliphatic heterocycles. The average Bonchev–Trinajstić information content (AvgIpc) is 3.03. The van der Waals surface area contributed by atoms with Gasteiger partial charge in [0.2, 0.25) is 0 Å². The first-order valence-electron chi connectivity index (χ1n) is 10.2. The molecule has 0 aromatic heterocycles. The molecule has 0 radical (unpaired) electrons. The number of carbonyl (C=O) groups is 2. The molecule has 2 aromatic rings. The molecule has 1 unspecified atom stereocenters. The Bertz CT molecular complexity index is 1020. The molecule has 164 valence electrons. The molecule has 1 amide bonds. The van der Waals surface area contributed by atoms with E-state index in [9.17, 15) is 19.1 Å². The number of likely N-dealkylation sites (tertiary alicyclic amines) is 1. The largest absolute Gasteiger partial charge is 0.507 e. The van der Waals surface area contributed by atoms with Crippen LogP contribution in [0.3, 0.4) is 0 Å². The Kier molecular flexibility index (Phi) is 6.95. The summed E-state index contributed by atoms with van der Waals surface area (Å²) in [5.74, 6) is -1.95. The summed E-state index contributed by atoms with van der Waals surface area (Å²) in [4.78, 5) is 27.4. The van der Waals surface area contributed by atoms with Crippen molar-refractivity contribution in [2.24, 2.45) is 0 Å². The van der Waals surface area contributed by atoms with Crippen molar-refractivity contribution in [2.75, 3.05) is 20.8 Å². The number of halogens is 1. The number of hydrogen-bond donors (Lipinski definition) is 1. The zero-order valence-corrected chi connectivity index (χ0v) is 17.9. The number of nitrogens with zero attached hydrogens (tertiary/aromatic N) is 1. The van der Waals surface area contributed by atoms with Gasteiger partial charge in [-0.15, -0.1) is 0 Å². The van der Waals surface area contributed by atoms with E-state index in [-0.39, 0.29) is 16.9 Å². The molecule has 1 fully saturated rings. The maximum absolute atomic E-state index is 14.0. The first-order valence-corrected chi connectivity index (χ1v) is 10.2. The third kappa shape index (κ3) is 4.26. The number of aliphatic hydroxyl groups excluding tert-OH is 1. The molecule has 3 rings (SSSR count). The SMILES string of the molecule is CCCCCN1C(=O)C(=O)/C(=C(/O)c2cc(F)ccc2OC)C1c1ccccc1OC. The summed E-state index contributed by atoms with van der Waals surface area (Å²) in [6, 6.07) is 9.80. The molecule has 7 heteroatoms. The van der Waals surface area contributed by atoms with Gasteiger partial charge in [0.05, 0.1) is 31.4 Å². The second-order valence-electron chi connectivity index (χ2n) is 7.29. The molecule has 1 saturated heterocycles. The van der Waals surface area contributed by atoms with E-state index in [1.54, 1.807) is 24.3 Å². The van der Waals surface area contributed by atoms with Gasteiger partial charge in [-0.2, -0.15) is 0 Å². The monoisotopic (exact) mass is 427 g/mol. The third-order valence-electron chi connectivity index (χ3n) is 5.39. The van der Waals surface area contributed by atoms with Crippen LogP contribution >= 0.6 is 0 Å². The van der Waals surface area contributed by atoms with Crippen molar-refractivity contribution >= 4 is 17.4 Å². The topological polar surface area (TPSA) is 76.1 Å². The summed E-state index contributed by atoms with van der Waals surface area (Å²) in [6.45, 7) is 2.39. The lowest BCUT2D eigenvalue weighted by atomic mass is 9.94. The molecule has 0 bridgehead atoms. The standard InChI is InChI=1S/C24H26FNO5/c1-4-5-8-13-26-21(16-9-6-7-10-18(16)30-2)20(23(28)24(26)29)22(27)17-14-15(25)11-12-19(17)31-3/h6-7,9-12,14,21,27H,4-5,8,13H2,1-3H3/b22-20+. The van der Waals surface area contributed by atoms with E-state index in [0.717, 1.165) is 18.9 Å². The van der Waals surface area contributed by atoms with Crippen molar-refractivity contribution in [2.45, 2.75) is 32.2 Å². The van der Waals surface area contributed by atoms with Crippen molar-refractivity contribution in [1.29, 1.82) is 0 Å². The third-order valence-corrected chi connectivity index (χ3v) is 5.39. The molecule has 1 aliphatic rings. The van der Waals surface area contributed by atoms with E-state index in [1.807, 2.05) is 6.92 Å². The average molecular weight is 427 g/mol. The quantitative estimate of drug-likeness (QED) is 0.291. The summed E-state index contributed by atoms with van der Waals surface area (Å²) in [6.07, 6.45) is 2.54. The lowest BCUT2D eigenvalue weighted by Gasteiger charge is -2.26. The number of benzene rings is 2. The number of amides is 1. The van der Waals surface area contributed by atoms with Crippen LogP contribution in [0, 0.1) is 5.82 Å². The highest BCUT2D eigenvalue weighted by Crippen LogP contribution is 2.43. The fraction of sp³-hybridized carbons (Fsp3) is 0.333. The van der Waals surface area contributed by atoms with Crippen LogP contribution in [-0.2, 0) is 9.59 Å². The Balaban J connectivity index is 2.23. The number of carbonyl (C=O) groups excluding carboxylic acids is 2. The highest BCUT2D eigenvalue weighted by molar-refractivity contribution is 6.46. The minimum Gasteiger partial charge on any atom is -0.507 e. The van der Waals surface area contributed by atoms with Gasteiger partial charge in [0, 0.05) is 12.1 Å². The lowest BCUT2D eigenvalue weighted by Crippen LogP contribution is -2.30. The number of aliphatic hydroxyl groups is 1. The van der Waals surface area contributed by atoms with Crippen LogP contribution in [0.25, 0.3) is 5.76 Å². The summed E-state index contributed by atoms with van der Waals surface area (Å²) in [7, 11) is 2.88. The van der Waals surface area contributed by atoms with Gasteiger partial charge in [-0.25, -0.2) is 4.39 Å². The van der Waals surface area contributed by atoms with Gasteiger partial charge < -0.3 is 19.5 Å². The molecule has 1 heterocycles. The summed E-state index contributed by atoms with van der Waals surface area (Å²) in [5.41, 5.74) is 0.460. The van der Waals surface area contributed by atoms with Crippen molar-refractivity contribution in [3.63, 3.8) is 0 Å². The van der Waals surface area contributed by atoms with Crippen LogP contribution in [0.4, 0.5) is 4.39 Å². The van der Waals surface area contributed by atoms with E-state index in [2.05, 4.69) is 0 Å². The fourth-order valence-corrected chi connectivity index (χ4v) is 3.87. The van der Waals surface area contributed by atoms with E-state index in [4.69, 9.17) is 9.47 Å². The van der Waals surface area contributed by atoms with E-state index in [1.165, 1.54) is 31.3 Å². The van der Waals surface area contributed by atoms with Crippen molar-refractivity contribution in [3.8, 4) is 11.5 Å². The second kappa shape index (κ2) is 9.64. The predicted octanol–water partition coefficient (Wildman–Crippen LogP) is 4.45. The first-order chi connectivity index (χ1) is 14.9. The maximum Gasteiger partial charge on any atom is 0.295 e. The Morgan fingerprint density at radius 2 is 1.77 bits per heavy atom. The summed E-state index contributed by atoms with van der Waals surface area (Å²) >= 11 is 0. The molecule has 0 saturated carbocycles. The number of methoxy groups -OCH3 is 2. The van der Waals surface area contributed by atoms with Gasteiger partial charge in [0.25, 0.3) is 11.7 Å². The van der Waals surface area contributed by atoms with Gasteiger partial charge >= 0.3 is 0 Å². The van der Waals surface area contributed by atoms with E-state index >= 15 is 0 Å². The molecule has 0 aliphatic carbocycles. The number of unbranched alkanes of at least 4 members (excludes halogenated alkanes) is 2. The number of ether oxygens (including phenoxy) is 2. The number of hydrogen-bond acceptors (Lipinski definition) is 5. The number of para-hydroxylation sites is 1. The fourth-order valence-electron chi connectivity index (χ4n) is 3.87. The highest BCUT2D eigenvalue weighted by Gasteiger charge is 2.47. The number of Topliss-reactive ketones (excluding diaryl/α,β-unsaturated/α-hetero) is 1. The lowest BCUT2D eigenvalue weighted by molar-refractivity contribution is -0.139. The Labute approximate surface area is 180 Å². The molecule has 6 nitrogen and oxygen atoms in total. The Morgan fingerprint density at radius 1 is 1.06 bits per heavy atom. The van der Waals surface area contributed by atoms with Crippen molar-refractivity contribution in [1.82, 2.24) is 4.90 Å². The van der Waals surface area contributed by atoms with Gasteiger partial charge in [0.1, 0.15) is 23.1 Å². The predicted molar refractivity (Wildman–Crippen MR) is 114 cm³/mol. The minimum atomic E-state index is -0.860. The van der Waals surface area contributed by atoms with Crippen molar-refractivity contribution < 1.29 is 28.6 Å². The minimum absolute atomic E-state index is 0.00829. The van der Waals surface area contributed by atoms with Gasteiger partial charge in [-0.1, -0.05) is 38.0 Å². The van der Waals surface area contributed by atoms with Crippen LogP contribution in [0.1, 0.15) is 43.4 Å². The number of ketones is 1. The van der Waals surface area contributed by atoms with Crippen LogP contribution in [0.2, 0.25) is 0 Å². The molecular formula is C24H26FNO5. The van der Waals surface area contributed by atoms with Gasteiger partial charge in [-0.3, -0.25) is 9.59 Å². The normalized spacial score (nSPS) is 17.8. The molecular weight excluding hydrogens is 401 g/mol. The molecule has 31 heavy (non-hydrogen) atoms. The Hall–Kier alpha value is -3.35. The molecule has 0 spiro atoms. The molecule has 1 N–H and O–H groups in total. The second-order valence-corrected chi connectivity index (χ2v) is 7.29. The van der Waals surface area contributed by atoms with Crippen molar-refractivity contribution in [3.05, 3.63) is 65.0 Å². The maximum atomic E-state index is 14.0. The smallest absolute Gasteiger partial charge is 0.295 e. The van der Waals surface area contributed by atoms with Gasteiger partial charge in [0.15, 0.2) is 0 Å². The zero-order valence-electron chi connectivity index (χ0n) is 17.9. The van der Waals surface area contributed by atoms with Crippen LogP contribution < -0.4 is 9.47 Å². The Morgan fingerprint density at radius 3 is 2.45 bits per heavy atom. The first kappa shape index (κ1) is 22.3. The molecule has 1 atom stereocenters. The van der Waals surface area contributed by atoms with Crippen LogP contribution in [0.15, 0.2) is 48.0 Å². The summed E-state index contributed by atoms with van der Waals surface area (Å²) in [5, 5.41) is 11.1. The van der Waals surface area contributed by atoms with Gasteiger partial charge in [-0.05, 0) is 30.7 Å². The van der Waals surface area contributed by atoms with Crippen LogP contribution in [-0.4, -0.2) is 42.5 Å². The zero-order chi connectivity index (χ0) is 22.5. The van der Waals surface area contributed by atoms with Crippen LogP contribution in [0.5, 0.6) is 11.5 Å². The van der Waals surface area contributed by atoms with E-state index in [0.29, 0.717) is 24.3 Å². The highest BCUT2D eigenvalue weighted by atomic mass is 19.1. The molecule has 2 aromatic carbocycles. The number of rotatable bonds is 8. The summed E-state index contributed by atoms with van der Waals surface area (Å²) < 4.78 is 24.7. The van der Waals surface area contributed by atoms with E-state index < -0.39 is 29.3 Å².